The predicted molar refractivity (Wildman–Crippen MR) is 69.9 cm³/mol. The van der Waals surface area contributed by atoms with E-state index in [-0.39, 0.29) is 17.7 Å². The van der Waals surface area contributed by atoms with Crippen molar-refractivity contribution in [2.24, 2.45) is 11.5 Å². The van der Waals surface area contributed by atoms with E-state index in [0.29, 0.717) is 0 Å². The number of halogens is 3. The Morgan fingerprint density at radius 1 is 1.15 bits per heavy atom. The maximum Gasteiger partial charge on any atom is 0.423 e. The SMILES string of the molecule is CC.CCOC(=O)c1ccc(C(N)(N)C(F)(F)F)cc1. The highest BCUT2D eigenvalue weighted by atomic mass is 19.4. The molecule has 1 aromatic carbocycles. The van der Waals surface area contributed by atoms with Gasteiger partial charge in [-0.25, -0.2) is 4.79 Å². The van der Waals surface area contributed by atoms with E-state index >= 15 is 0 Å². The second-order valence-corrected chi connectivity index (χ2v) is 3.66. The third-order valence-electron chi connectivity index (χ3n) is 2.34. The summed E-state index contributed by atoms with van der Waals surface area (Å²) in [7, 11) is 0. The molecule has 0 aliphatic heterocycles. The second kappa shape index (κ2) is 7.25. The molecular weight excluding hydrogens is 273 g/mol. The van der Waals surface area contributed by atoms with Gasteiger partial charge in [-0.15, -0.1) is 0 Å². The Kier molecular flexibility index (Phi) is 6.67. The van der Waals surface area contributed by atoms with Crippen LogP contribution < -0.4 is 11.5 Å². The molecule has 0 atom stereocenters. The summed E-state index contributed by atoms with van der Waals surface area (Å²) in [6, 6.07) is 4.49. The number of alkyl halides is 3. The zero-order chi connectivity index (χ0) is 16.0. The number of hydrogen-bond acceptors (Lipinski definition) is 4. The van der Waals surface area contributed by atoms with Crippen LogP contribution in [0.15, 0.2) is 24.3 Å². The first-order chi connectivity index (χ1) is 9.20. The Hall–Kier alpha value is -1.60. The normalized spacial score (nSPS) is 11.4. The largest absolute Gasteiger partial charge is 0.462 e. The van der Waals surface area contributed by atoms with E-state index in [2.05, 4.69) is 0 Å². The van der Waals surface area contributed by atoms with E-state index < -0.39 is 17.8 Å². The molecule has 114 valence electrons. The van der Waals surface area contributed by atoms with Gasteiger partial charge in [-0.1, -0.05) is 26.0 Å². The molecule has 4 nitrogen and oxygen atoms in total. The summed E-state index contributed by atoms with van der Waals surface area (Å²) in [5.74, 6) is -0.615. The molecule has 4 N–H and O–H groups in total. The zero-order valence-electron chi connectivity index (χ0n) is 11.6. The quantitative estimate of drug-likeness (QED) is 0.663. The van der Waals surface area contributed by atoms with E-state index in [1.165, 1.54) is 12.1 Å². The minimum Gasteiger partial charge on any atom is -0.462 e. The molecule has 0 heterocycles. The monoisotopic (exact) mass is 292 g/mol. The van der Waals surface area contributed by atoms with Gasteiger partial charge < -0.3 is 16.2 Å². The van der Waals surface area contributed by atoms with Crippen LogP contribution in [0.3, 0.4) is 0 Å². The number of hydrogen-bond donors (Lipinski definition) is 2. The van der Waals surface area contributed by atoms with Gasteiger partial charge in [-0.2, -0.15) is 13.2 Å². The maximum absolute atomic E-state index is 12.6. The Morgan fingerprint density at radius 3 is 1.95 bits per heavy atom. The van der Waals surface area contributed by atoms with E-state index in [1.807, 2.05) is 13.8 Å². The van der Waals surface area contributed by atoms with Crippen molar-refractivity contribution in [3.05, 3.63) is 35.4 Å². The predicted octanol–water partition coefficient (Wildman–Crippen LogP) is 2.52. The molecule has 0 fully saturated rings. The van der Waals surface area contributed by atoms with Crippen LogP contribution in [0.5, 0.6) is 0 Å². The first kappa shape index (κ1) is 18.4. The van der Waals surface area contributed by atoms with Gasteiger partial charge in [0.2, 0.25) is 0 Å². The molecule has 0 radical (unpaired) electrons. The van der Waals surface area contributed by atoms with Gasteiger partial charge in [-0.3, -0.25) is 0 Å². The Bertz CT molecular complexity index is 428. The van der Waals surface area contributed by atoms with Crippen LogP contribution in [0.1, 0.15) is 36.7 Å². The second-order valence-electron chi connectivity index (χ2n) is 3.66. The van der Waals surface area contributed by atoms with E-state index in [4.69, 9.17) is 16.2 Å². The van der Waals surface area contributed by atoms with Crippen molar-refractivity contribution >= 4 is 5.97 Å². The van der Waals surface area contributed by atoms with Crippen molar-refractivity contribution in [3.63, 3.8) is 0 Å². The van der Waals surface area contributed by atoms with Gasteiger partial charge in [0.05, 0.1) is 12.2 Å². The van der Waals surface area contributed by atoms with Gasteiger partial charge in [0.25, 0.3) is 0 Å². The fraction of sp³-hybridized carbons (Fsp3) is 0.462. The van der Waals surface area contributed by atoms with Crippen molar-refractivity contribution in [1.29, 1.82) is 0 Å². The Labute approximate surface area is 115 Å². The van der Waals surface area contributed by atoms with E-state index in [0.717, 1.165) is 12.1 Å². The molecule has 0 saturated heterocycles. The summed E-state index contributed by atoms with van der Waals surface area (Å²) in [5.41, 5.74) is 6.94. The van der Waals surface area contributed by atoms with Crippen LogP contribution in [0.4, 0.5) is 13.2 Å². The fourth-order valence-corrected chi connectivity index (χ4v) is 1.26. The first-order valence-corrected chi connectivity index (χ1v) is 6.12. The molecule has 1 aromatic rings. The third kappa shape index (κ3) is 4.21. The number of esters is 1. The highest BCUT2D eigenvalue weighted by Crippen LogP contribution is 2.32. The average Bonchev–Trinajstić information content (AvgIpc) is 2.40. The summed E-state index contributed by atoms with van der Waals surface area (Å²) in [6.45, 7) is 5.81. The topological polar surface area (TPSA) is 78.3 Å². The van der Waals surface area contributed by atoms with Crippen LogP contribution in [-0.4, -0.2) is 18.8 Å². The lowest BCUT2D eigenvalue weighted by Gasteiger charge is -2.27. The first-order valence-electron chi connectivity index (χ1n) is 6.12. The van der Waals surface area contributed by atoms with Gasteiger partial charge in [-0.05, 0) is 24.6 Å². The number of ether oxygens (including phenoxy) is 1. The number of nitrogens with two attached hydrogens (primary N) is 2. The van der Waals surface area contributed by atoms with Crippen molar-refractivity contribution in [1.82, 2.24) is 0 Å². The standard InChI is InChI=1S/C11H13F3N2O2.C2H6/c1-2-18-9(17)7-3-5-8(6-4-7)10(15,16)11(12,13)14;1-2/h3-6H,2,15-16H2,1H3;1-2H3. The maximum atomic E-state index is 12.6. The molecule has 0 unspecified atom stereocenters. The highest BCUT2D eigenvalue weighted by molar-refractivity contribution is 5.89. The molecule has 1 rings (SSSR count). The third-order valence-corrected chi connectivity index (χ3v) is 2.34. The van der Waals surface area contributed by atoms with E-state index in [9.17, 15) is 18.0 Å². The zero-order valence-corrected chi connectivity index (χ0v) is 11.6. The number of carbonyl (C=O) groups excluding carboxylic acids is 1. The van der Waals surface area contributed by atoms with E-state index in [1.54, 1.807) is 6.92 Å². The molecule has 0 aromatic heterocycles. The van der Waals surface area contributed by atoms with Crippen LogP contribution in [0.25, 0.3) is 0 Å². The molecule has 0 aliphatic rings. The number of benzene rings is 1. The average molecular weight is 292 g/mol. The highest BCUT2D eigenvalue weighted by Gasteiger charge is 2.50. The lowest BCUT2D eigenvalue weighted by atomic mass is 9.99. The number of carbonyl (C=O) groups is 1. The van der Waals surface area contributed by atoms with Crippen LogP contribution in [0.2, 0.25) is 0 Å². The lowest BCUT2D eigenvalue weighted by Crippen LogP contribution is -2.57. The van der Waals surface area contributed by atoms with Gasteiger partial charge in [0.1, 0.15) is 0 Å². The minimum absolute atomic E-state index is 0.138. The van der Waals surface area contributed by atoms with Gasteiger partial charge in [0.15, 0.2) is 5.66 Å². The molecule has 0 aliphatic carbocycles. The molecule has 0 spiro atoms. The summed E-state index contributed by atoms with van der Waals surface area (Å²) < 4.78 is 42.4. The van der Waals surface area contributed by atoms with Crippen molar-refractivity contribution in [2.75, 3.05) is 6.61 Å². The summed E-state index contributed by atoms with van der Waals surface area (Å²) in [5, 5.41) is 0. The molecule has 0 bridgehead atoms. The molecule has 7 heteroatoms. The molecule has 0 saturated carbocycles. The smallest absolute Gasteiger partial charge is 0.423 e. The Balaban J connectivity index is 0.00000172. The minimum atomic E-state index is -4.78. The van der Waals surface area contributed by atoms with Crippen molar-refractivity contribution in [3.8, 4) is 0 Å². The molecule has 0 amide bonds. The van der Waals surface area contributed by atoms with Crippen LogP contribution in [-0.2, 0) is 10.4 Å². The summed E-state index contributed by atoms with van der Waals surface area (Å²) >= 11 is 0. The fourth-order valence-electron chi connectivity index (χ4n) is 1.26. The summed E-state index contributed by atoms with van der Waals surface area (Å²) in [6.07, 6.45) is -4.78. The Morgan fingerprint density at radius 2 is 1.60 bits per heavy atom. The van der Waals surface area contributed by atoms with Crippen LogP contribution >= 0.6 is 0 Å². The lowest BCUT2D eigenvalue weighted by molar-refractivity contribution is -0.188. The molecule has 20 heavy (non-hydrogen) atoms. The summed E-state index contributed by atoms with van der Waals surface area (Å²) in [4.78, 5) is 11.3. The number of rotatable bonds is 3. The van der Waals surface area contributed by atoms with Gasteiger partial charge in [0, 0.05) is 0 Å². The van der Waals surface area contributed by atoms with Crippen LogP contribution in [0, 0.1) is 0 Å². The molecular formula is C13H19F3N2O2. The van der Waals surface area contributed by atoms with Gasteiger partial charge >= 0.3 is 12.1 Å². The van der Waals surface area contributed by atoms with Crippen molar-refractivity contribution < 1.29 is 22.7 Å². The van der Waals surface area contributed by atoms with Crippen molar-refractivity contribution in [2.45, 2.75) is 32.6 Å².